The molecule has 3 rings (SSSR count). The average Bonchev–Trinajstić information content (AvgIpc) is 2.67. The summed E-state index contributed by atoms with van der Waals surface area (Å²) in [5.74, 6) is 0.0688. The maximum absolute atomic E-state index is 12.6. The molecule has 2 atom stereocenters. The number of nitrogens with zero attached hydrogens (tertiary/aromatic N) is 1. The Hall–Kier alpha value is -0.820. The maximum Gasteiger partial charge on any atom is 0.317 e. The summed E-state index contributed by atoms with van der Waals surface area (Å²) in [6.45, 7) is 3.26. The summed E-state index contributed by atoms with van der Waals surface area (Å²) >= 11 is 0. The molecule has 3 fully saturated rings. The van der Waals surface area contributed by atoms with E-state index in [9.17, 15) is 13.2 Å². The molecule has 2 heterocycles. The van der Waals surface area contributed by atoms with Crippen LogP contribution in [-0.4, -0.2) is 61.7 Å². The molecule has 1 aliphatic carbocycles. The van der Waals surface area contributed by atoms with Crippen LogP contribution in [0.15, 0.2) is 0 Å². The van der Waals surface area contributed by atoms with Crippen molar-refractivity contribution in [3.63, 3.8) is 0 Å². The minimum Gasteiger partial charge on any atom is -0.375 e. The Balaban J connectivity index is 1.56. The first-order chi connectivity index (χ1) is 11.4. The topological polar surface area (TPSA) is 75.7 Å². The number of urea groups is 1. The summed E-state index contributed by atoms with van der Waals surface area (Å²) in [5.41, 5.74) is -0.0366. The number of carbonyl (C=O) groups is 1. The van der Waals surface area contributed by atoms with Gasteiger partial charge in [-0.2, -0.15) is 0 Å². The zero-order chi connectivity index (χ0) is 17.2. The first-order valence-corrected chi connectivity index (χ1v) is 11.0. The van der Waals surface area contributed by atoms with Crippen molar-refractivity contribution in [1.29, 1.82) is 0 Å². The van der Waals surface area contributed by atoms with E-state index in [1.165, 1.54) is 19.3 Å². The van der Waals surface area contributed by atoms with Gasteiger partial charge >= 0.3 is 6.03 Å². The first-order valence-electron chi connectivity index (χ1n) is 9.31. The molecule has 2 amide bonds. The summed E-state index contributed by atoms with van der Waals surface area (Å²) in [5, 5.41) is 2.78. The van der Waals surface area contributed by atoms with Crippen LogP contribution in [0.5, 0.6) is 0 Å². The van der Waals surface area contributed by atoms with Crippen molar-refractivity contribution >= 4 is 15.9 Å². The number of nitrogens with one attached hydrogen (secondary N) is 1. The monoisotopic (exact) mass is 358 g/mol. The predicted molar refractivity (Wildman–Crippen MR) is 92.8 cm³/mol. The van der Waals surface area contributed by atoms with Gasteiger partial charge in [0.05, 0.1) is 16.6 Å². The number of hydrogen-bond donors (Lipinski definition) is 1. The molecule has 2 unspecified atom stereocenters. The van der Waals surface area contributed by atoms with E-state index < -0.39 is 9.84 Å². The second-order valence-electron chi connectivity index (χ2n) is 7.68. The molecule has 0 aromatic carbocycles. The number of carbonyl (C=O) groups excluding carboxylic acids is 1. The van der Waals surface area contributed by atoms with Gasteiger partial charge in [0.2, 0.25) is 0 Å². The smallest absolute Gasteiger partial charge is 0.317 e. The van der Waals surface area contributed by atoms with Crippen molar-refractivity contribution in [2.24, 2.45) is 0 Å². The highest BCUT2D eigenvalue weighted by Gasteiger charge is 2.39. The zero-order valence-corrected chi connectivity index (χ0v) is 15.4. The number of rotatable bonds is 1. The molecule has 0 aromatic heterocycles. The van der Waals surface area contributed by atoms with E-state index in [0.29, 0.717) is 26.1 Å². The molecule has 6 nitrogen and oxygen atoms in total. The number of ether oxygens (including phenoxy) is 1. The predicted octanol–water partition coefficient (Wildman–Crippen LogP) is 2.09. The highest BCUT2D eigenvalue weighted by molar-refractivity contribution is 7.92. The lowest BCUT2D eigenvalue weighted by Gasteiger charge is -2.44. The van der Waals surface area contributed by atoms with E-state index in [-0.39, 0.29) is 28.7 Å². The Morgan fingerprint density at radius 3 is 2.67 bits per heavy atom. The normalized spacial score (nSPS) is 33.0. The fourth-order valence-corrected chi connectivity index (χ4v) is 5.57. The minimum atomic E-state index is -3.06. The molecule has 1 spiro atoms. The standard InChI is InChI=1S/C17H30N2O4S/c1-14-5-9-19(10-12-24(14,21)22)16(20)18-15-6-11-23-17(13-15)7-3-2-4-8-17/h14-15H,2-13H2,1H3,(H,18,20). The van der Waals surface area contributed by atoms with Gasteiger partial charge in [0.25, 0.3) is 0 Å². The van der Waals surface area contributed by atoms with E-state index in [1.54, 1.807) is 11.8 Å². The molecule has 2 aliphatic heterocycles. The summed E-state index contributed by atoms with van der Waals surface area (Å²) in [6.07, 6.45) is 8.15. The number of hydrogen-bond acceptors (Lipinski definition) is 4. The van der Waals surface area contributed by atoms with Gasteiger partial charge in [-0.05, 0) is 39.0 Å². The fraction of sp³-hybridized carbons (Fsp3) is 0.941. The second kappa shape index (κ2) is 7.20. The van der Waals surface area contributed by atoms with Crippen LogP contribution in [0, 0.1) is 0 Å². The third-order valence-electron chi connectivity index (χ3n) is 5.94. The third-order valence-corrected chi connectivity index (χ3v) is 8.15. The van der Waals surface area contributed by atoms with Crippen LogP contribution in [0.25, 0.3) is 0 Å². The van der Waals surface area contributed by atoms with E-state index in [0.717, 1.165) is 25.7 Å². The lowest BCUT2D eigenvalue weighted by Crippen LogP contribution is -2.52. The second-order valence-corrected chi connectivity index (χ2v) is 10.2. The van der Waals surface area contributed by atoms with E-state index >= 15 is 0 Å². The van der Waals surface area contributed by atoms with E-state index in [4.69, 9.17) is 4.74 Å². The van der Waals surface area contributed by atoms with Crippen molar-refractivity contribution in [2.75, 3.05) is 25.4 Å². The molecule has 0 bridgehead atoms. The molecular weight excluding hydrogens is 328 g/mol. The van der Waals surface area contributed by atoms with Crippen LogP contribution in [0.2, 0.25) is 0 Å². The fourth-order valence-electron chi connectivity index (χ4n) is 4.23. The molecule has 138 valence electrons. The molecule has 0 radical (unpaired) electrons. The Kier molecular flexibility index (Phi) is 5.39. The number of sulfone groups is 1. The molecule has 2 saturated heterocycles. The quantitative estimate of drug-likeness (QED) is 0.779. The molecule has 1 N–H and O–H groups in total. The van der Waals surface area contributed by atoms with Crippen molar-refractivity contribution in [1.82, 2.24) is 10.2 Å². The summed E-state index contributed by atoms with van der Waals surface area (Å²) in [4.78, 5) is 14.3. The lowest BCUT2D eigenvalue weighted by molar-refractivity contribution is -0.108. The van der Waals surface area contributed by atoms with Crippen LogP contribution in [0.4, 0.5) is 4.79 Å². The van der Waals surface area contributed by atoms with Crippen LogP contribution in [0.1, 0.15) is 58.3 Å². The van der Waals surface area contributed by atoms with Crippen LogP contribution in [-0.2, 0) is 14.6 Å². The average molecular weight is 359 g/mol. The Labute approximate surface area is 145 Å². The van der Waals surface area contributed by atoms with Crippen LogP contribution >= 0.6 is 0 Å². The summed E-state index contributed by atoms with van der Waals surface area (Å²) in [7, 11) is -3.06. The van der Waals surface area contributed by atoms with Crippen LogP contribution < -0.4 is 5.32 Å². The molecule has 7 heteroatoms. The highest BCUT2D eigenvalue weighted by Crippen LogP contribution is 2.38. The zero-order valence-electron chi connectivity index (χ0n) is 14.6. The SMILES string of the molecule is CC1CCN(C(=O)NC2CCOC3(CCCCC3)C2)CCS1(=O)=O. The highest BCUT2D eigenvalue weighted by atomic mass is 32.2. The molecule has 24 heavy (non-hydrogen) atoms. The van der Waals surface area contributed by atoms with Crippen molar-refractivity contribution in [3.05, 3.63) is 0 Å². The molecule has 0 aromatic rings. The van der Waals surface area contributed by atoms with E-state index in [2.05, 4.69) is 5.32 Å². The molecule has 1 saturated carbocycles. The van der Waals surface area contributed by atoms with Gasteiger partial charge in [-0.25, -0.2) is 13.2 Å². The Morgan fingerprint density at radius 2 is 1.92 bits per heavy atom. The van der Waals surface area contributed by atoms with Gasteiger partial charge in [-0.1, -0.05) is 19.3 Å². The first kappa shape index (κ1) is 18.0. The van der Waals surface area contributed by atoms with Gasteiger partial charge in [-0.3, -0.25) is 0 Å². The molecule has 3 aliphatic rings. The van der Waals surface area contributed by atoms with Crippen molar-refractivity contribution in [3.8, 4) is 0 Å². The van der Waals surface area contributed by atoms with Crippen molar-refractivity contribution in [2.45, 2.75) is 75.2 Å². The molecular formula is C17H30N2O4S. The largest absolute Gasteiger partial charge is 0.375 e. The van der Waals surface area contributed by atoms with Gasteiger partial charge in [0.1, 0.15) is 0 Å². The third kappa shape index (κ3) is 4.04. The van der Waals surface area contributed by atoms with Gasteiger partial charge in [-0.15, -0.1) is 0 Å². The Morgan fingerprint density at radius 1 is 1.17 bits per heavy atom. The number of amides is 2. The van der Waals surface area contributed by atoms with Gasteiger partial charge in [0, 0.05) is 25.7 Å². The van der Waals surface area contributed by atoms with Crippen molar-refractivity contribution < 1.29 is 17.9 Å². The van der Waals surface area contributed by atoms with Crippen LogP contribution in [0.3, 0.4) is 0 Å². The Bertz CT molecular complexity index is 551. The minimum absolute atomic E-state index is 0.0366. The van der Waals surface area contributed by atoms with Gasteiger partial charge in [0.15, 0.2) is 9.84 Å². The summed E-state index contributed by atoms with van der Waals surface area (Å²) in [6, 6.07) is 0.0267. The summed E-state index contributed by atoms with van der Waals surface area (Å²) < 4.78 is 30.1. The van der Waals surface area contributed by atoms with E-state index in [1.807, 2.05) is 0 Å². The lowest BCUT2D eigenvalue weighted by atomic mass is 9.78. The maximum atomic E-state index is 12.6. The van der Waals surface area contributed by atoms with Gasteiger partial charge < -0.3 is 15.0 Å².